The third-order valence-corrected chi connectivity index (χ3v) is 6.31. The van der Waals surface area contributed by atoms with E-state index in [0.717, 1.165) is 45.3 Å². The van der Waals surface area contributed by atoms with Crippen LogP contribution in [-0.2, 0) is 9.59 Å². The summed E-state index contributed by atoms with van der Waals surface area (Å²) in [6, 6.07) is 4.68. The van der Waals surface area contributed by atoms with Crippen molar-refractivity contribution in [1.29, 1.82) is 0 Å². The van der Waals surface area contributed by atoms with Crippen molar-refractivity contribution in [3.05, 3.63) is 28.3 Å². The minimum atomic E-state index is -0.440. The molecular formula is C21H30N4O4. The molecule has 2 atom stereocenters. The third kappa shape index (κ3) is 4.12. The average Bonchev–Trinajstić information content (AvgIpc) is 2.98. The van der Waals surface area contributed by atoms with Crippen LogP contribution in [0.15, 0.2) is 18.2 Å². The van der Waals surface area contributed by atoms with Crippen molar-refractivity contribution >= 4 is 28.9 Å². The standard InChI is InChI=1S/C21H30N4O4/c1-4-23(5-2)13-12-22(3)18-11-10-15(14-19(18)25(28)29)24-20(26)16-8-6-7-9-17(16)21(24)27/h10-11,14,16-17H,4-9,12-13H2,1-3H3/t16-,17-/m0/s1. The Morgan fingerprint density at radius 1 is 1.07 bits per heavy atom. The van der Waals surface area contributed by atoms with E-state index < -0.39 is 4.92 Å². The number of hydrogen-bond acceptors (Lipinski definition) is 6. The molecule has 0 unspecified atom stereocenters. The molecule has 0 bridgehead atoms. The monoisotopic (exact) mass is 402 g/mol. The molecule has 0 radical (unpaired) electrons. The molecular weight excluding hydrogens is 372 g/mol. The number of amides is 2. The molecule has 29 heavy (non-hydrogen) atoms. The predicted octanol–water partition coefficient (Wildman–Crippen LogP) is 3.05. The quantitative estimate of drug-likeness (QED) is 0.377. The van der Waals surface area contributed by atoms with Crippen LogP contribution in [0.4, 0.5) is 17.1 Å². The van der Waals surface area contributed by atoms with E-state index in [-0.39, 0.29) is 29.3 Å². The van der Waals surface area contributed by atoms with Crippen LogP contribution in [0.3, 0.4) is 0 Å². The van der Waals surface area contributed by atoms with Crippen LogP contribution in [0.1, 0.15) is 39.5 Å². The first-order valence-corrected chi connectivity index (χ1v) is 10.5. The molecule has 8 heteroatoms. The maximum Gasteiger partial charge on any atom is 0.294 e. The lowest BCUT2D eigenvalue weighted by molar-refractivity contribution is -0.384. The predicted molar refractivity (Wildman–Crippen MR) is 112 cm³/mol. The Morgan fingerprint density at radius 2 is 1.66 bits per heavy atom. The number of anilines is 2. The first-order chi connectivity index (χ1) is 13.9. The van der Waals surface area contributed by atoms with Crippen LogP contribution < -0.4 is 9.80 Å². The summed E-state index contributed by atoms with van der Waals surface area (Å²) in [6.07, 6.45) is 3.34. The van der Waals surface area contributed by atoms with Gasteiger partial charge in [-0.1, -0.05) is 26.7 Å². The summed E-state index contributed by atoms with van der Waals surface area (Å²) in [6.45, 7) is 7.47. The van der Waals surface area contributed by atoms with Gasteiger partial charge >= 0.3 is 0 Å². The van der Waals surface area contributed by atoms with E-state index in [0.29, 0.717) is 17.9 Å². The number of nitrogens with zero attached hydrogens (tertiary/aromatic N) is 4. The van der Waals surface area contributed by atoms with E-state index in [1.807, 2.05) is 11.9 Å². The number of carbonyl (C=O) groups is 2. The fourth-order valence-corrected chi connectivity index (χ4v) is 4.49. The van der Waals surface area contributed by atoms with Crippen molar-refractivity contribution in [2.24, 2.45) is 11.8 Å². The maximum absolute atomic E-state index is 12.8. The zero-order chi connectivity index (χ0) is 21.1. The summed E-state index contributed by atoms with van der Waals surface area (Å²) in [7, 11) is 1.83. The molecule has 1 saturated heterocycles. The van der Waals surface area contributed by atoms with Crippen LogP contribution >= 0.6 is 0 Å². The zero-order valence-electron chi connectivity index (χ0n) is 17.5. The SMILES string of the molecule is CCN(CC)CCN(C)c1ccc(N2C(=O)[C@H]3CCCC[C@@H]3C2=O)cc1[N+](=O)[O-]. The van der Waals surface area contributed by atoms with Gasteiger partial charge < -0.3 is 9.80 Å². The Hall–Kier alpha value is -2.48. The van der Waals surface area contributed by atoms with E-state index in [4.69, 9.17) is 0 Å². The van der Waals surface area contributed by atoms with Crippen molar-refractivity contribution in [2.45, 2.75) is 39.5 Å². The molecule has 1 aromatic rings. The highest BCUT2D eigenvalue weighted by molar-refractivity contribution is 6.22. The van der Waals surface area contributed by atoms with Crippen LogP contribution in [0.25, 0.3) is 0 Å². The van der Waals surface area contributed by atoms with Crippen LogP contribution in [0.2, 0.25) is 0 Å². The number of fused-ring (bicyclic) bond motifs is 1. The van der Waals surface area contributed by atoms with Gasteiger partial charge in [0, 0.05) is 26.2 Å². The molecule has 2 aliphatic rings. The second-order valence-corrected chi connectivity index (χ2v) is 7.89. The molecule has 2 fully saturated rings. The summed E-state index contributed by atoms with van der Waals surface area (Å²) < 4.78 is 0. The normalized spacial score (nSPS) is 21.6. The fraction of sp³-hybridized carbons (Fsp3) is 0.619. The van der Waals surface area contributed by atoms with Gasteiger partial charge in [-0.25, -0.2) is 4.90 Å². The number of carbonyl (C=O) groups excluding carboxylic acids is 2. The molecule has 0 spiro atoms. The highest BCUT2D eigenvalue weighted by Gasteiger charge is 2.49. The lowest BCUT2D eigenvalue weighted by atomic mass is 9.81. The lowest BCUT2D eigenvalue weighted by Gasteiger charge is -2.25. The molecule has 1 aliphatic heterocycles. The summed E-state index contributed by atoms with van der Waals surface area (Å²) in [4.78, 5) is 42.2. The van der Waals surface area contributed by atoms with E-state index >= 15 is 0 Å². The molecule has 1 aromatic carbocycles. The maximum atomic E-state index is 12.8. The second-order valence-electron chi connectivity index (χ2n) is 7.89. The minimum Gasteiger partial charge on any atom is -0.368 e. The molecule has 0 aromatic heterocycles. The minimum absolute atomic E-state index is 0.0833. The van der Waals surface area contributed by atoms with Gasteiger partial charge in [-0.05, 0) is 38.1 Å². The lowest BCUT2D eigenvalue weighted by Crippen LogP contribution is -2.33. The summed E-state index contributed by atoms with van der Waals surface area (Å²) in [5.74, 6) is -0.966. The molecule has 1 aliphatic carbocycles. The van der Waals surface area contributed by atoms with E-state index in [1.165, 1.54) is 11.0 Å². The van der Waals surface area contributed by atoms with Gasteiger partial charge in [0.05, 0.1) is 22.4 Å². The van der Waals surface area contributed by atoms with Gasteiger partial charge in [0.15, 0.2) is 0 Å². The van der Waals surface area contributed by atoms with Gasteiger partial charge in [-0.2, -0.15) is 0 Å². The first-order valence-electron chi connectivity index (χ1n) is 10.5. The number of nitro benzene ring substituents is 1. The Kier molecular flexibility index (Phi) is 6.52. The molecule has 1 heterocycles. The van der Waals surface area contributed by atoms with Gasteiger partial charge in [0.25, 0.3) is 5.69 Å². The van der Waals surface area contributed by atoms with Gasteiger partial charge in [0.2, 0.25) is 11.8 Å². The number of likely N-dealkylation sites (N-methyl/N-ethyl adjacent to an activating group) is 2. The Balaban J connectivity index is 1.85. The number of imide groups is 1. The molecule has 8 nitrogen and oxygen atoms in total. The summed E-state index contributed by atoms with van der Waals surface area (Å²) in [5.41, 5.74) is 0.712. The van der Waals surface area contributed by atoms with E-state index in [9.17, 15) is 19.7 Å². The summed E-state index contributed by atoms with van der Waals surface area (Å²) in [5, 5.41) is 11.7. The van der Waals surface area contributed by atoms with Crippen LogP contribution in [0, 0.1) is 22.0 Å². The number of hydrogen-bond donors (Lipinski definition) is 0. The van der Waals surface area contributed by atoms with Crippen molar-refractivity contribution < 1.29 is 14.5 Å². The third-order valence-electron chi connectivity index (χ3n) is 6.31. The first kappa shape index (κ1) is 21.2. The average molecular weight is 402 g/mol. The Labute approximate surface area is 171 Å². The fourth-order valence-electron chi connectivity index (χ4n) is 4.49. The van der Waals surface area contributed by atoms with Crippen molar-refractivity contribution in [1.82, 2.24) is 4.90 Å². The van der Waals surface area contributed by atoms with Gasteiger partial charge in [0.1, 0.15) is 5.69 Å². The van der Waals surface area contributed by atoms with Crippen molar-refractivity contribution in [2.75, 3.05) is 43.0 Å². The van der Waals surface area contributed by atoms with Gasteiger partial charge in [-0.3, -0.25) is 19.7 Å². The van der Waals surface area contributed by atoms with E-state index in [1.54, 1.807) is 12.1 Å². The molecule has 158 valence electrons. The smallest absolute Gasteiger partial charge is 0.294 e. The largest absolute Gasteiger partial charge is 0.368 e. The summed E-state index contributed by atoms with van der Waals surface area (Å²) >= 11 is 0. The van der Waals surface area contributed by atoms with Gasteiger partial charge in [-0.15, -0.1) is 0 Å². The number of benzene rings is 1. The van der Waals surface area contributed by atoms with Crippen LogP contribution in [0.5, 0.6) is 0 Å². The highest BCUT2D eigenvalue weighted by atomic mass is 16.6. The highest BCUT2D eigenvalue weighted by Crippen LogP contribution is 2.41. The Bertz CT molecular complexity index is 769. The molecule has 0 N–H and O–H groups in total. The zero-order valence-corrected chi connectivity index (χ0v) is 17.5. The van der Waals surface area contributed by atoms with Crippen molar-refractivity contribution in [3.8, 4) is 0 Å². The molecule has 2 amide bonds. The Morgan fingerprint density at radius 3 is 2.17 bits per heavy atom. The van der Waals surface area contributed by atoms with Crippen LogP contribution in [-0.4, -0.2) is 54.9 Å². The number of nitro groups is 1. The number of rotatable bonds is 8. The van der Waals surface area contributed by atoms with E-state index in [2.05, 4.69) is 18.7 Å². The molecule has 1 saturated carbocycles. The van der Waals surface area contributed by atoms with Crippen molar-refractivity contribution in [3.63, 3.8) is 0 Å². The second kappa shape index (κ2) is 8.90. The topological polar surface area (TPSA) is 87.0 Å². The molecule has 3 rings (SSSR count).